The predicted molar refractivity (Wildman–Crippen MR) is 88.2 cm³/mol. The molecule has 0 bridgehead atoms. The van der Waals surface area contributed by atoms with Crippen molar-refractivity contribution in [3.8, 4) is 0 Å². The van der Waals surface area contributed by atoms with Gasteiger partial charge in [-0.15, -0.1) is 0 Å². The molecule has 7 heteroatoms. The average Bonchev–Trinajstić information content (AvgIpc) is 3.20. The zero-order valence-corrected chi connectivity index (χ0v) is 12.6. The lowest BCUT2D eigenvalue weighted by Gasteiger charge is -2.14. The van der Waals surface area contributed by atoms with Gasteiger partial charge < -0.3 is 5.73 Å². The highest BCUT2D eigenvalue weighted by atomic mass is 16.1. The van der Waals surface area contributed by atoms with Gasteiger partial charge in [0, 0.05) is 18.8 Å². The van der Waals surface area contributed by atoms with Crippen LogP contribution in [0.5, 0.6) is 0 Å². The highest BCUT2D eigenvalue weighted by Gasteiger charge is 2.27. The number of nitrogens with one attached hydrogen (secondary N) is 2. The number of hydrogen-bond donors (Lipinski definition) is 3. The first-order valence-electron chi connectivity index (χ1n) is 7.46. The third kappa shape index (κ3) is 2.01. The van der Waals surface area contributed by atoms with Crippen molar-refractivity contribution in [1.82, 2.24) is 20.2 Å². The number of ketones is 1. The van der Waals surface area contributed by atoms with Gasteiger partial charge in [0.05, 0.1) is 34.8 Å². The molecule has 4 rings (SSSR count). The fraction of sp³-hybridized carbons (Fsp3) is 0.188. The third-order valence-corrected chi connectivity index (χ3v) is 4.14. The number of allylic oxidation sites excluding steroid dienone is 2. The van der Waals surface area contributed by atoms with E-state index in [1.165, 1.54) is 6.20 Å². The maximum absolute atomic E-state index is 12.1. The van der Waals surface area contributed by atoms with Crippen LogP contribution >= 0.6 is 0 Å². The molecule has 0 radical (unpaired) electrons. The molecule has 4 heterocycles. The molecular weight excluding hydrogens is 292 g/mol. The molecule has 0 amide bonds. The summed E-state index contributed by atoms with van der Waals surface area (Å²) in [6.07, 6.45) is 7.76. The van der Waals surface area contributed by atoms with Gasteiger partial charge in [-0.1, -0.05) is 13.0 Å². The molecule has 0 spiro atoms. The Morgan fingerprint density at radius 2 is 2.26 bits per heavy atom. The van der Waals surface area contributed by atoms with Crippen LogP contribution in [0.2, 0.25) is 0 Å². The lowest BCUT2D eigenvalue weighted by atomic mass is 10.0. The van der Waals surface area contributed by atoms with Crippen LogP contribution in [0.4, 0.5) is 11.5 Å². The molecule has 0 aliphatic carbocycles. The number of hydrogen-bond acceptors (Lipinski definition) is 6. The van der Waals surface area contributed by atoms with E-state index in [2.05, 4.69) is 20.9 Å². The molecule has 4 N–H and O–H groups in total. The van der Waals surface area contributed by atoms with Crippen LogP contribution in [-0.2, 0) is 6.54 Å². The number of rotatable bonds is 2. The molecule has 7 nitrogen and oxygen atoms in total. The van der Waals surface area contributed by atoms with Gasteiger partial charge in [-0.2, -0.15) is 5.10 Å². The Bertz CT molecular complexity index is 877. The zero-order valence-electron chi connectivity index (χ0n) is 12.6. The number of nitrogen functional groups attached to an aromatic ring is 1. The van der Waals surface area contributed by atoms with Crippen LogP contribution in [0.15, 0.2) is 30.1 Å². The molecule has 2 aliphatic rings. The van der Waals surface area contributed by atoms with Crippen molar-refractivity contribution >= 4 is 29.1 Å². The Morgan fingerprint density at radius 1 is 1.39 bits per heavy atom. The third-order valence-electron chi connectivity index (χ3n) is 4.14. The van der Waals surface area contributed by atoms with E-state index in [1.54, 1.807) is 6.20 Å². The van der Waals surface area contributed by atoms with Gasteiger partial charge in [0.15, 0.2) is 5.78 Å². The second-order valence-corrected chi connectivity index (χ2v) is 5.48. The summed E-state index contributed by atoms with van der Waals surface area (Å²) in [6.45, 7) is 2.46. The largest absolute Gasteiger partial charge is 0.383 e. The average molecular weight is 308 g/mol. The number of fused-ring (bicyclic) bond motifs is 2. The van der Waals surface area contributed by atoms with E-state index in [0.717, 1.165) is 22.5 Å². The van der Waals surface area contributed by atoms with Gasteiger partial charge in [0.2, 0.25) is 0 Å². The summed E-state index contributed by atoms with van der Waals surface area (Å²) >= 11 is 0. The summed E-state index contributed by atoms with van der Waals surface area (Å²) < 4.78 is 1.91. The Balaban J connectivity index is 1.85. The van der Waals surface area contributed by atoms with Crippen molar-refractivity contribution in [3.05, 3.63) is 46.9 Å². The van der Waals surface area contributed by atoms with E-state index in [0.29, 0.717) is 30.0 Å². The predicted octanol–water partition coefficient (Wildman–Crippen LogP) is 1.82. The Hall–Kier alpha value is -3.09. The minimum absolute atomic E-state index is 0.0304. The van der Waals surface area contributed by atoms with E-state index in [-0.39, 0.29) is 5.78 Å². The minimum Gasteiger partial charge on any atom is -0.383 e. The number of pyridine rings is 1. The summed E-state index contributed by atoms with van der Waals surface area (Å²) in [5, 5.41) is 4.30. The SMILES string of the molecule is CCC(=O)c1cnc(N)c2c1NNC2=C1C=Cc2ccnn2C1. The van der Waals surface area contributed by atoms with Crippen molar-refractivity contribution in [1.29, 1.82) is 0 Å². The van der Waals surface area contributed by atoms with Crippen LogP contribution < -0.4 is 16.6 Å². The molecule has 2 aliphatic heterocycles. The zero-order chi connectivity index (χ0) is 16.0. The first kappa shape index (κ1) is 13.6. The standard InChI is InChI=1S/C16H16N6O/c1-2-12(23)11-7-18-16(17)13-14(20-21-15(11)13)9-3-4-10-5-6-19-22(10)8-9/h3-7,20-21H,2,8H2,1H3,(H2,17,18). The summed E-state index contributed by atoms with van der Waals surface area (Å²) in [7, 11) is 0. The molecule has 0 unspecified atom stereocenters. The Morgan fingerprint density at radius 3 is 3.09 bits per heavy atom. The van der Waals surface area contributed by atoms with E-state index >= 15 is 0 Å². The van der Waals surface area contributed by atoms with Crippen LogP contribution in [0.25, 0.3) is 11.8 Å². The van der Waals surface area contributed by atoms with Gasteiger partial charge >= 0.3 is 0 Å². The van der Waals surface area contributed by atoms with Crippen LogP contribution in [-0.4, -0.2) is 20.5 Å². The lowest BCUT2D eigenvalue weighted by Crippen LogP contribution is -2.16. The van der Waals surface area contributed by atoms with Crippen LogP contribution in [0.3, 0.4) is 0 Å². The quantitative estimate of drug-likeness (QED) is 0.732. The fourth-order valence-corrected chi connectivity index (χ4v) is 2.92. The maximum atomic E-state index is 12.1. The number of nitrogens with zero attached hydrogens (tertiary/aromatic N) is 3. The first-order valence-corrected chi connectivity index (χ1v) is 7.46. The topological polar surface area (TPSA) is 97.9 Å². The lowest BCUT2D eigenvalue weighted by molar-refractivity contribution is 0.0988. The second kappa shape index (κ2) is 4.98. The number of nitrogens with two attached hydrogens (primary N) is 1. The molecular formula is C16H16N6O. The smallest absolute Gasteiger partial charge is 0.166 e. The van der Waals surface area contributed by atoms with Crippen molar-refractivity contribution in [3.63, 3.8) is 0 Å². The molecule has 0 atom stereocenters. The van der Waals surface area contributed by atoms with Gasteiger partial charge in [0.1, 0.15) is 5.82 Å². The second-order valence-electron chi connectivity index (χ2n) is 5.48. The highest BCUT2D eigenvalue weighted by molar-refractivity contribution is 6.05. The van der Waals surface area contributed by atoms with E-state index < -0.39 is 0 Å². The van der Waals surface area contributed by atoms with Gasteiger partial charge in [-0.3, -0.25) is 20.3 Å². The van der Waals surface area contributed by atoms with Crippen LogP contribution in [0, 0.1) is 0 Å². The van der Waals surface area contributed by atoms with Gasteiger partial charge in [-0.25, -0.2) is 4.98 Å². The summed E-state index contributed by atoms with van der Waals surface area (Å²) in [6, 6.07) is 1.96. The maximum Gasteiger partial charge on any atom is 0.166 e. The highest BCUT2D eigenvalue weighted by Crippen LogP contribution is 2.37. The Kier molecular flexibility index (Phi) is 2.94. The van der Waals surface area contributed by atoms with Crippen molar-refractivity contribution in [2.24, 2.45) is 0 Å². The summed E-state index contributed by atoms with van der Waals surface area (Å²) in [5.74, 6) is 0.426. The van der Waals surface area contributed by atoms with E-state index in [4.69, 9.17) is 5.73 Å². The van der Waals surface area contributed by atoms with Crippen molar-refractivity contribution < 1.29 is 4.79 Å². The van der Waals surface area contributed by atoms with Crippen molar-refractivity contribution in [2.75, 3.05) is 11.2 Å². The molecule has 0 saturated carbocycles. The van der Waals surface area contributed by atoms with E-state index in [1.807, 2.05) is 29.8 Å². The number of anilines is 2. The molecule has 0 aromatic carbocycles. The van der Waals surface area contributed by atoms with E-state index in [9.17, 15) is 4.79 Å². The number of carbonyl (C=O) groups is 1. The number of aromatic nitrogens is 3. The Labute approximate surface area is 132 Å². The molecule has 116 valence electrons. The first-order chi connectivity index (χ1) is 11.2. The molecule has 23 heavy (non-hydrogen) atoms. The normalized spacial score (nSPS) is 18.1. The molecule has 2 aromatic rings. The fourth-order valence-electron chi connectivity index (χ4n) is 2.92. The van der Waals surface area contributed by atoms with Gasteiger partial charge in [0.25, 0.3) is 0 Å². The van der Waals surface area contributed by atoms with Crippen LogP contribution in [0.1, 0.15) is 35.0 Å². The minimum atomic E-state index is 0.0304. The van der Waals surface area contributed by atoms with Crippen molar-refractivity contribution in [2.45, 2.75) is 19.9 Å². The molecule has 0 fully saturated rings. The summed E-state index contributed by atoms with van der Waals surface area (Å²) in [4.78, 5) is 16.3. The number of carbonyl (C=O) groups excluding carboxylic acids is 1. The monoisotopic (exact) mass is 308 g/mol. The summed E-state index contributed by atoms with van der Waals surface area (Å²) in [5.41, 5.74) is 17.2. The number of Topliss-reactive ketones (excluding diaryl/α,β-unsaturated/α-hetero) is 1. The molecule has 2 aromatic heterocycles. The molecule has 0 saturated heterocycles. The number of hydrazine groups is 1. The van der Waals surface area contributed by atoms with Gasteiger partial charge in [-0.05, 0) is 17.7 Å².